The Morgan fingerprint density at radius 1 is 0.974 bits per heavy atom. The molecule has 2 N–H and O–H groups in total. The summed E-state index contributed by atoms with van der Waals surface area (Å²) >= 11 is 0. The van der Waals surface area contributed by atoms with Gasteiger partial charge in [0.15, 0.2) is 0 Å². The van der Waals surface area contributed by atoms with E-state index in [1.54, 1.807) is 57.0 Å². The SMILES string of the molecule is CCCCN(C(=O)C(NC(=O)OC(C)(C)C)C(C)C)C(C(=O)Nc1ccc(OC)cc1)c1c(C)cccc1C. The molecule has 214 valence electrons. The van der Waals surface area contributed by atoms with Gasteiger partial charge in [-0.25, -0.2) is 4.79 Å². The van der Waals surface area contributed by atoms with Crippen molar-refractivity contribution < 1.29 is 23.9 Å². The number of nitrogens with one attached hydrogen (secondary N) is 2. The summed E-state index contributed by atoms with van der Waals surface area (Å²) in [6, 6.07) is 11.1. The molecule has 0 saturated carbocycles. The monoisotopic (exact) mass is 539 g/mol. The lowest BCUT2D eigenvalue weighted by atomic mass is 9.92. The summed E-state index contributed by atoms with van der Waals surface area (Å²) in [5.41, 5.74) is 2.45. The number of nitrogens with zero attached hydrogens (tertiary/aromatic N) is 1. The van der Waals surface area contributed by atoms with E-state index < -0.39 is 23.8 Å². The van der Waals surface area contributed by atoms with E-state index in [4.69, 9.17) is 9.47 Å². The fraction of sp³-hybridized carbons (Fsp3) is 0.516. The number of carbonyl (C=O) groups is 3. The molecule has 2 rings (SSSR count). The zero-order valence-electron chi connectivity index (χ0n) is 24.9. The Kier molecular flexibility index (Phi) is 11.4. The van der Waals surface area contributed by atoms with Crippen LogP contribution in [-0.4, -0.2) is 48.1 Å². The molecule has 0 saturated heterocycles. The predicted octanol–water partition coefficient (Wildman–Crippen LogP) is 6.17. The van der Waals surface area contributed by atoms with Gasteiger partial charge < -0.3 is 25.0 Å². The fourth-order valence-corrected chi connectivity index (χ4v) is 4.39. The molecule has 8 nitrogen and oxygen atoms in total. The minimum absolute atomic E-state index is 0.239. The molecule has 0 aliphatic carbocycles. The highest BCUT2D eigenvalue weighted by molar-refractivity contribution is 5.99. The highest BCUT2D eigenvalue weighted by atomic mass is 16.6. The normalized spacial score (nSPS) is 12.9. The number of alkyl carbamates (subject to hydrolysis) is 1. The Balaban J connectivity index is 2.57. The first-order valence-corrected chi connectivity index (χ1v) is 13.6. The van der Waals surface area contributed by atoms with Crippen LogP contribution in [0.25, 0.3) is 0 Å². The average Bonchev–Trinajstić information content (AvgIpc) is 2.85. The Labute approximate surface area is 233 Å². The van der Waals surface area contributed by atoms with Gasteiger partial charge in [0.25, 0.3) is 5.91 Å². The molecule has 2 aromatic rings. The standard InChI is InChI=1S/C31H45N3O5/c1-10-11-19-34(29(36)26(20(2)3)33-30(37)39-31(6,7)8)27(25-21(4)13-12-14-22(25)5)28(35)32-23-15-17-24(38-9)18-16-23/h12-18,20,26-27H,10-11,19H2,1-9H3,(H,32,35)(H,33,37). The lowest BCUT2D eigenvalue weighted by Gasteiger charge is -2.36. The Hall–Kier alpha value is -3.55. The third kappa shape index (κ3) is 9.01. The third-order valence-corrected chi connectivity index (χ3v) is 6.37. The van der Waals surface area contributed by atoms with E-state index in [2.05, 4.69) is 10.6 Å². The summed E-state index contributed by atoms with van der Waals surface area (Å²) in [5, 5.41) is 5.77. The van der Waals surface area contributed by atoms with E-state index in [0.717, 1.165) is 23.1 Å². The van der Waals surface area contributed by atoms with Gasteiger partial charge >= 0.3 is 6.09 Å². The van der Waals surface area contributed by atoms with Crippen molar-refractivity contribution in [2.75, 3.05) is 19.0 Å². The van der Waals surface area contributed by atoms with Crippen molar-refractivity contribution in [1.29, 1.82) is 0 Å². The maximum atomic E-state index is 14.2. The first kappa shape index (κ1) is 31.7. The van der Waals surface area contributed by atoms with Gasteiger partial charge in [0, 0.05) is 12.2 Å². The quantitative estimate of drug-likeness (QED) is 0.356. The molecule has 0 radical (unpaired) electrons. The number of hydrogen-bond donors (Lipinski definition) is 2. The van der Waals surface area contributed by atoms with Crippen LogP contribution in [-0.2, 0) is 14.3 Å². The molecule has 3 amide bonds. The molecular weight excluding hydrogens is 494 g/mol. The van der Waals surface area contributed by atoms with E-state index in [0.29, 0.717) is 24.4 Å². The fourth-order valence-electron chi connectivity index (χ4n) is 4.39. The molecule has 0 spiro atoms. The summed E-state index contributed by atoms with van der Waals surface area (Å²) < 4.78 is 10.7. The molecule has 2 aromatic carbocycles. The van der Waals surface area contributed by atoms with Gasteiger partial charge in [0.05, 0.1) is 7.11 Å². The summed E-state index contributed by atoms with van der Waals surface area (Å²) in [6.45, 7) is 15.3. The van der Waals surface area contributed by atoms with Crippen molar-refractivity contribution in [2.24, 2.45) is 5.92 Å². The van der Waals surface area contributed by atoms with Crippen molar-refractivity contribution in [2.45, 2.75) is 85.9 Å². The molecule has 0 heterocycles. The van der Waals surface area contributed by atoms with Crippen LogP contribution in [0, 0.1) is 19.8 Å². The molecule has 39 heavy (non-hydrogen) atoms. The second kappa shape index (κ2) is 14.0. The van der Waals surface area contributed by atoms with E-state index in [-0.39, 0.29) is 17.7 Å². The first-order valence-electron chi connectivity index (χ1n) is 13.6. The van der Waals surface area contributed by atoms with Crippen molar-refractivity contribution in [1.82, 2.24) is 10.2 Å². The smallest absolute Gasteiger partial charge is 0.408 e. The van der Waals surface area contributed by atoms with E-state index in [1.807, 2.05) is 52.8 Å². The predicted molar refractivity (Wildman–Crippen MR) is 155 cm³/mol. The minimum atomic E-state index is -0.908. The molecule has 0 aliphatic heterocycles. The molecule has 2 unspecified atom stereocenters. The Morgan fingerprint density at radius 2 is 1.56 bits per heavy atom. The second-order valence-electron chi connectivity index (χ2n) is 11.2. The van der Waals surface area contributed by atoms with E-state index in [1.165, 1.54) is 0 Å². The topological polar surface area (TPSA) is 97.0 Å². The molecule has 0 aromatic heterocycles. The summed E-state index contributed by atoms with van der Waals surface area (Å²) in [4.78, 5) is 42.6. The van der Waals surface area contributed by atoms with Crippen molar-refractivity contribution in [3.05, 3.63) is 59.2 Å². The number of methoxy groups -OCH3 is 1. The van der Waals surface area contributed by atoms with Gasteiger partial charge in [0.1, 0.15) is 23.4 Å². The number of anilines is 1. The summed E-state index contributed by atoms with van der Waals surface area (Å²) in [7, 11) is 1.58. The largest absolute Gasteiger partial charge is 0.497 e. The molecule has 2 atom stereocenters. The summed E-state index contributed by atoms with van der Waals surface area (Å²) in [6.07, 6.45) is 0.853. The van der Waals surface area contributed by atoms with Gasteiger partial charge in [0.2, 0.25) is 5.91 Å². The molecule has 8 heteroatoms. The minimum Gasteiger partial charge on any atom is -0.497 e. The number of aryl methyl sites for hydroxylation is 2. The summed E-state index contributed by atoms with van der Waals surface area (Å²) in [5.74, 6) is -0.229. The number of hydrogen-bond acceptors (Lipinski definition) is 5. The average molecular weight is 540 g/mol. The van der Waals surface area contributed by atoms with Crippen LogP contribution < -0.4 is 15.4 Å². The zero-order valence-corrected chi connectivity index (χ0v) is 24.9. The molecule has 0 bridgehead atoms. The second-order valence-corrected chi connectivity index (χ2v) is 11.2. The van der Waals surface area contributed by atoms with Crippen LogP contribution in [0.1, 0.15) is 77.1 Å². The van der Waals surface area contributed by atoms with Crippen molar-refractivity contribution in [3.63, 3.8) is 0 Å². The third-order valence-electron chi connectivity index (χ3n) is 6.37. The van der Waals surface area contributed by atoms with Gasteiger partial charge in [-0.05, 0) is 87.9 Å². The lowest BCUT2D eigenvalue weighted by Crippen LogP contribution is -2.54. The first-order chi connectivity index (χ1) is 18.3. The van der Waals surface area contributed by atoms with Crippen LogP contribution in [0.15, 0.2) is 42.5 Å². The highest BCUT2D eigenvalue weighted by Gasteiger charge is 2.38. The van der Waals surface area contributed by atoms with Crippen LogP contribution in [0.3, 0.4) is 0 Å². The number of rotatable bonds is 11. The van der Waals surface area contributed by atoms with Gasteiger partial charge in [-0.1, -0.05) is 45.4 Å². The number of unbranched alkanes of at least 4 members (excludes halogenated alkanes) is 1. The number of carbonyl (C=O) groups excluding carboxylic acids is 3. The van der Waals surface area contributed by atoms with Crippen molar-refractivity contribution >= 4 is 23.6 Å². The maximum Gasteiger partial charge on any atom is 0.408 e. The van der Waals surface area contributed by atoms with Gasteiger partial charge in [-0.2, -0.15) is 0 Å². The molecular formula is C31H45N3O5. The van der Waals surface area contributed by atoms with Crippen molar-refractivity contribution in [3.8, 4) is 5.75 Å². The maximum absolute atomic E-state index is 14.2. The van der Waals surface area contributed by atoms with Crippen LogP contribution >= 0.6 is 0 Å². The number of amides is 3. The molecule has 0 fully saturated rings. The zero-order chi connectivity index (χ0) is 29.3. The Morgan fingerprint density at radius 3 is 2.05 bits per heavy atom. The van der Waals surface area contributed by atoms with Crippen LogP contribution in [0.2, 0.25) is 0 Å². The van der Waals surface area contributed by atoms with E-state index >= 15 is 0 Å². The van der Waals surface area contributed by atoms with Gasteiger partial charge in [-0.3, -0.25) is 9.59 Å². The van der Waals surface area contributed by atoms with Crippen LogP contribution in [0.4, 0.5) is 10.5 Å². The highest BCUT2D eigenvalue weighted by Crippen LogP contribution is 2.31. The lowest BCUT2D eigenvalue weighted by molar-refractivity contribution is -0.141. The van der Waals surface area contributed by atoms with Gasteiger partial charge in [-0.15, -0.1) is 0 Å². The Bertz CT molecular complexity index is 1100. The molecule has 0 aliphatic rings. The number of ether oxygens (including phenoxy) is 2. The van der Waals surface area contributed by atoms with Crippen LogP contribution in [0.5, 0.6) is 5.75 Å². The number of benzene rings is 2. The van der Waals surface area contributed by atoms with E-state index in [9.17, 15) is 14.4 Å².